The number of unbranched alkanes of at least 4 members (excludes halogenated alkanes) is 1. The first-order valence-electron chi connectivity index (χ1n) is 7.90. The zero-order valence-corrected chi connectivity index (χ0v) is 13.7. The normalized spacial score (nSPS) is 11.6. The van der Waals surface area contributed by atoms with Crippen LogP contribution in [0.25, 0.3) is 0 Å². The molecule has 2 aromatic carbocycles. The smallest absolute Gasteiger partial charge is 0.0991 e. The molecule has 0 radical (unpaired) electrons. The van der Waals surface area contributed by atoms with Gasteiger partial charge in [0.1, 0.15) is 0 Å². The van der Waals surface area contributed by atoms with Crippen LogP contribution in [0.2, 0.25) is 0 Å². The molecule has 0 N–H and O–H groups in total. The van der Waals surface area contributed by atoms with E-state index in [0.717, 1.165) is 23.3 Å². The standard InChI is InChI=1S/C20H21N3/c1-3-4-5-17-6-8-19(9-7-17)15-22-23-16(2)20-12-10-18(14-21)11-13-20/h6-13,15H,3-5H2,1-2H3/b22-15+,23-16+. The minimum atomic E-state index is 0.646. The summed E-state index contributed by atoms with van der Waals surface area (Å²) in [4.78, 5) is 0. The Hall–Kier alpha value is -2.73. The van der Waals surface area contributed by atoms with Gasteiger partial charge in [-0.1, -0.05) is 49.7 Å². The van der Waals surface area contributed by atoms with Crippen LogP contribution in [0.15, 0.2) is 58.7 Å². The highest BCUT2D eigenvalue weighted by Crippen LogP contribution is 2.07. The minimum Gasteiger partial charge on any atom is -0.192 e. The first kappa shape index (κ1) is 16.6. The van der Waals surface area contributed by atoms with Crippen LogP contribution in [0, 0.1) is 11.3 Å². The maximum absolute atomic E-state index is 8.80. The Balaban J connectivity index is 2.00. The van der Waals surface area contributed by atoms with Gasteiger partial charge in [0, 0.05) is 0 Å². The lowest BCUT2D eigenvalue weighted by Gasteiger charge is -2.00. The Kier molecular flexibility index (Phi) is 6.26. The second kappa shape index (κ2) is 8.65. The zero-order chi connectivity index (χ0) is 16.5. The van der Waals surface area contributed by atoms with Crippen molar-refractivity contribution in [1.82, 2.24) is 0 Å². The molecule has 116 valence electrons. The van der Waals surface area contributed by atoms with Crippen molar-refractivity contribution in [3.8, 4) is 6.07 Å². The van der Waals surface area contributed by atoms with Gasteiger partial charge in [-0.05, 0) is 48.6 Å². The van der Waals surface area contributed by atoms with Crippen LogP contribution < -0.4 is 0 Å². The predicted octanol–water partition coefficient (Wildman–Crippen LogP) is 4.74. The topological polar surface area (TPSA) is 48.5 Å². The van der Waals surface area contributed by atoms with Crippen LogP contribution >= 0.6 is 0 Å². The number of hydrogen-bond acceptors (Lipinski definition) is 3. The monoisotopic (exact) mass is 303 g/mol. The van der Waals surface area contributed by atoms with Gasteiger partial charge in [-0.15, -0.1) is 0 Å². The molecule has 0 saturated carbocycles. The van der Waals surface area contributed by atoms with E-state index in [2.05, 4.69) is 47.5 Å². The number of benzene rings is 2. The molecule has 0 fully saturated rings. The summed E-state index contributed by atoms with van der Waals surface area (Å²) in [6.07, 6.45) is 5.33. The summed E-state index contributed by atoms with van der Waals surface area (Å²) in [6.45, 7) is 4.11. The summed E-state index contributed by atoms with van der Waals surface area (Å²) in [7, 11) is 0. The largest absolute Gasteiger partial charge is 0.192 e. The van der Waals surface area contributed by atoms with Gasteiger partial charge in [-0.25, -0.2) is 0 Å². The highest BCUT2D eigenvalue weighted by Gasteiger charge is 1.97. The first-order chi connectivity index (χ1) is 11.2. The fraction of sp³-hybridized carbons (Fsp3) is 0.250. The van der Waals surface area contributed by atoms with Crippen molar-refractivity contribution in [2.45, 2.75) is 33.1 Å². The van der Waals surface area contributed by atoms with Crippen molar-refractivity contribution in [1.29, 1.82) is 5.26 Å². The molecule has 0 atom stereocenters. The lowest BCUT2D eigenvalue weighted by Crippen LogP contribution is -1.93. The van der Waals surface area contributed by atoms with Crippen molar-refractivity contribution >= 4 is 11.9 Å². The molecule has 0 bridgehead atoms. The van der Waals surface area contributed by atoms with Gasteiger partial charge >= 0.3 is 0 Å². The maximum atomic E-state index is 8.80. The van der Waals surface area contributed by atoms with Crippen molar-refractivity contribution in [2.24, 2.45) is 10.2 Å². The molecular formula is C20H21N3. The van der Waals surface area contributed by atoms with E-state index in [9.17, 15) is 0 Å². The van der Waals surface area contributed by atoms with Crippen LogP contribution in [0.5, 0.6) is 0 Å². The van der Waals surface area contributed by atoms with Crippen LogP contribution in [-0.4, -0.2) is 11.9 Å². The lowest BCUT2D eigenvalue weighted by molar-refractivity contribution is 0.795. The van der Waals surface area contributed by atoms with Gasteiger partial charge in [0.2, 0.25) is 0 Å². The highest BCUT2D eigenvalue weighted by atomic mass is 15.2. The number of nitriles is 1. The van der Waals surface area contributed by atoms with E-state index in [0.29, 0.717) is 5.56 Å². The second-order valence-corrected chi connectivity index (χ2v) is 5.46. The maximum Gasteiger partial charge on any atom is 0.0991 e. The number of aryl methyl sites for hydroxylation is 1. The molecule has 0 spiro atoms. The van der Waals surface area contributed by atoms with Gasteiger partial charge in [0.15, 0.2) is 0 Å². The molecule has 23 heavy (non-hydrogen) atoms. The van der Waals surface area contributed by atoms with E-state index in [1.165, 1.54) is 18.4 Å². The average molecular weight is 303 g/mol. The molecule has 0 heterocycles. The minimum absolute atomic E-state index is 0.646. The summed E-state index contributed by atoms with van der Waals surface area (Å²) < 4.78 is 0. The number of rotatable bonds is 6. The molecular weight excluding hydrogens is 282 g/mol. The lowest BCUT2D eigenvalue weighted by atomic mass is 10.1. The van der Waals surface area contributed by atoms with Crippen LogP contribution in [0.4, 0.5) is 0 Å². The number of hydrogen-bond donors (Lipinski definition) is 0. The highest BCUT2D eigenvalue weighted by molar-refractivity contribution is 5.99. The summed E-state index contributed by atoms with van der Waals surface area (Å²) >= 11 is 0. The molecule has 0 aliphatic rings. The molecule has 3 heteroatoms. The summed E-state index contributed by atoms with van der Waals surface area (Å²) in [5.41, 5.74) is 4.84. The Bertz CT molecular complexity index is 717. The Labute approximate surface area is 138 Å². The quantitative estimate of drug-likeness (QED) is 0.561. The van der Waals surface area contributed by atoms with Crippen molar-refractivity contribution in [3.05, 3.63) is 70.8 Å². The van der Waals surface area contributed by atoms with Gasteiger partial charge in [-0.3, -0.25) is 0 Å². The summed E-state index contributed by atoms with van der Waals surface area (Å²) in [5, 5.41) is 17.2. The van der Waals surface area contributed by atoms with Crippen molar-refractivity contribution in [2.75, 3.05) is 0 Å². The molecule has 2 aromatic rings. The molecule has 2 rings (SSSR count). The third-order valence-electron chi connectivity index (χ3n) is 3.65. The fourth-order valence-corrected chi connectivity index (χ4v) is 2.18. The van der Waals surface area contributed by atoms with Gasteiger partial charge in [0.05, 0.1) is 23.6 Å². The van der Waals surface area contributed by atoms with E-state index < -0.39 is 0 Å². The summed E-state index contributed by atoms with van der Waals surface area (Å²) in [5.74, 6) is 0. The van der Waals surface area contributed by atoms with Crippen LogP contribution in [-0.2, 0) is 6.42 Å². The van der Waals surface area contributed by atoms with E-state index in [1.807, 2.05) is 19.1 Å². The van der Waals surface area contributed by atoms with E-state index in [1.54, 1.807) is 18.3 Å². The summed E-state index contributed by atoms with van der Waals surface area (Å²) in [6, 6.07) is 17.9. The third kappa shape index (κ3) is 5.19. The Morgan fingerprint density at radius 1 is 1.09 bits per heavy atom. The average Bonchev–Trinajstić information content (AvgIpc) is 2.61. The first-order valence-corrected chi connectivity index (χ1v) is 7.90. The zero-order valence-electron chi connectivity index (χ0n) is 13.7. The molecule has 3 nitrogen and oxygen atoms in total. The van der Waals surface area contributed by atoms with E-state index in [4.69, 9.17) is 5.26 Å². The number of nitrogens with zero attached hydrogens (tertiary/aromatic N) is 3. The van der Waals surface area contributed by atoms with E-state index >= 15 is 0 Å². The molecule has 0 saturated heterocycles. The second-order valence-electron chi connectivity index (χ2n) is 5.46. The van der Waals surface area contributed by atoms with Crippen LogP contribution in [0.3, 0.4) is 0 Å². The predicted molar refractivity (Wildman–Crippen MR) is 96.0 cm³/mol. The Morgan fingerprint density at radius 2 is 1.78 bits per heavy atom. The fourth-order valence-electron chi connectivity index (χ4n) is 2.18. The SMILES string of the molecule is CCCCc1ccc(/C=N/N=C(\C)c2ccc(C#N)cc2)cc1. The van der Waals surface area contributed by atoms with Crippen molar-refractivity contribution in [3.63, 3.8) is 0 Å². The molecule has 0 aromatic heterocycles. The molecule has 0 aliphatic heterocycles. The van der Waals surface area contributed by atoms with Crippen molar-refractivity contribution < 1.29 is 0 Å². The van der Waals surface area contributed by atoms with Gasteiger partial charge < -0.3 is 0 Å². The molecule has 0 unspecified atom stereocenters. The van der Waals surface area contributed by atoms with E-state index in [-0.39, 0.29) is 0 Å². The van der Waals surface area contributed by atoms with Crippen LogP contribution in [0.1, 0.15) is 48.9 Å². The van der Waals surface area contributed by atoms with Gasteiger partial charge in [-0.2, -0.15) is 15.5 Å². The third-order valence-corrected chi connectivity index (χ3v) is 3.65. The molecule has 0 aliphatic carbocycles. The molecule has 0 amide bonds. The van der Waals surface area contributed by atoms with Gasteiger partial charge in [0.25, 0.3) is 0 Å². The Morgan fingerprint density at radius 3 is 2.39 bits per heavy atom.